The molecule has 6 nitrogen and oxygen atoms in total. The summed E-state index contributed by atoms with van der Waals surface area (Å²) in [6.07, 6.45) is 0.191. The number of para-hydroxylation sites is 1. The molecule has 0 heterocycles. The monoisotopic (exact) mass is 294 g/mol. The lowest BCUT2D eigenvalue weighted by molar-refractivity contribution is -0.124. The molecule has 0 aromatic heterocycles. The van der Waals surface area contributed by atoms with Crippen molar-refractivity contribution >= 4 is 34.8 Å². The van der Waals surface area contributed by atoms with Gasteiger partial charge in [0, 0.05) is 25.1 Å². The summed E-state index contributed by atoms with van der Waals surface area (Å²) in [5.41, 5.74) is 5.67. The highest BCUT2D eigenvalue weighted by Gasteiger charge is 2.07. The Labute approximate surface area is 123 Å². The molecule has 0 saturated carbocycles. The summed E-state index contributed by atoms with van der Waals surface area (Å²) >= 11 is 4.88. The Kier molecular flexibility index (Phi) is 7.05. The molecule has 0 radical (unpaired) electrons. The molecular formula is C13H18N4O2S. The van der Waals surface area contributed by atoms with E-state index in [-0.39, 0.29) is 24.7 Å². The lowest BCUT2D eigenvalue weighted by Gasteiger charge is -2.10. The van der Waals surface area contributed by atoms with Gasteiger partial charge in [0.1, 0.15) is 0 Å². The first-order chi connectivity index (χ1) is 9.61. The first kappa shape index (κ1) is 15.9. The molecule has 0 saturated heterocycles. The first-order valence-electron chi connectivity index (χ1n) is 6.29. The molecule has 0 aliphatic carbocycles. The third kappa shape index (κ3) is 6.69. The van der Waals surface area contributed by atoms with Crippen molar-refractivity contribution in [2.24, 2.45) is 0 Å². The Morgan fingerprint density at radius 1 is 1.05 bits per heavy atom. The first-order valence-corrected chi connectivity index (χ1v) is 6.70. The minimum Gasteiger partial charge on any atom is -0.362 e. The van der Waals surface area contributed by atoms with Crippen LogP contribution < -0.4 is 21.5 Å². The quantitative estimate of drug-likeness (QED) is 0.479. The van der Waals surface area contributed by atoms with Gasteiger partial charge in [0.05, 0.1) is 0 Å². The minimum absolute atomic E-state index is 0.0837. The largest absolute Gasteiger partial charge is 0.362 e. The van der Waals surface area contributed by atoms with Crippen molar-refractivity contribution in [3.8, 4) is 0 Å². The molecule has 0 fully saturated rings. The smallest absolute Gasteiger partial charge is 0.238 e. The van der Waals surface area contributed by atoms with Gasteiger partial charge in [0.2, 0.25) is 11.8 Å². The maximum Gasteiger partial charge on any atom is 0.238 e. The van der Waals surface area contributed by atoms with Gasteiger partial charge in [0.15, 0.2) is 5.11 Å². The Bertz CT molecular complexity index is 465. The molecule has 0 atom stereocenters. The zero-order valence-electron chi connectivity index (χ0n) is 11.2. The van der Waals surface area contributed by atoms with Gasteiger partial charge in [-0.2, -0.15) is 0 Å². The van der Waals surface area contributed by atoms with Crippen molar-refractivity contribution in [3.05, 3.63) is 30.3 Å². The molecule has 1 aromatic rings. The normalized spacial score (nSPS) is 9.45. The maximum atomic E-state index is 11.6. The second-order valence-corrected chi connectivity index (χ2v) is 4.36. The standard InChI is InChI=1S/C13H18N4O2S/c1-2-14-13(20)17-16-12(19)9-8-11(18)15-10-6-4-3-5-7-10/h3-7H,2,8-9H2,1H3,(H,15,18)(H,16,19)(H2,14,17,20). The minimum atomic E-state index is -0.298. The lowest BCUT2D eigenvalue weighted by Crippen LogP contribution is -2.46. The van der Waals surface area contributed by atoms with E-state index >= 15 is 0 Å². The molecular weight excluding hydrogens is 276 g/mol. The van der Waals surface area contributed by atoms with E-state index in [4.69, 9.17) is 12.2 Å². The van der Waals surface area contributed by atoms with Crippen LogP contribution in [-0.4, -0.2) is 23.5 Å². The van der Waals surface area contributed by atoms with Gasteiger partial charge < -0.3 is 10.6 Å². The van der Waals surface area contributed by atoms with Crippen molar-refractivity contribution in [3.63, 3.8) is 0 Å². The highest BCUT2D eigenvalue weighted by atomic mass is 32.1. The summed E-state index contributed by atoms with van der Waals surface area (Å²) in [4.78, 5) is 23.1. The third-order valence-electron chi connectivity index (χ3n) is 2.29. The summed E-state index contributed by atoms with van der Waals surface area (Å²) in [6, 6.07) is 9.09. The fourth-order valence-electron chi connectivity index (χ4n) is 1.37. The Balaban J connectivity index is 2.20. The van der Waals surface area contributed by atoms with E-state index in [1.807, 2.05) is 25.1 Å². The zero-order chi connectivity index (χ0) is 14.8. The van der Waals surface area contributed by atoms with Crippen LogP contribution in [0, 0.1) is 0 Å². The number of benzene rings is 1. The third-order valence-corrected chi connectivity index (χ3v) is 2.54. The van der Waals surface area contributed by atoms with Crippen LogP contribution in [0.15, 0.2) is 30.3 Å². The second kappa shape index (κ2) is 8.87. The molecule has 108 valence electrons. The summed E-state index contributed by atoms with van der Waals surface area (Å²) in [5.74, 6) is -0.505. The number of anilines is 1. The van der Waals surface area contributed by atoms with Gasteiger partial charge >= 0.3 is 0 Å². The molecule has 20 heavy (non-hydrogen) atoms. The maximum absolute atomic E-state index is 11.6. The van der Waals surface area contributed by atoms with Gasteiger partial charge in [-0.25, -0.2) is 0 Å². The number of hydrogen-bond donors (Lipinski definition) is 4. The van der Waals surface area contributed by atoms with Gasteiger partial charge in [-0.05, 0) is 31.3 Å². The predicted molar refractivity (Wildman–Crippen MR) is 81.9 cm³/mol. The van der Waals surface area contributed by atoms with Crippen molar-refractivity contribution in [1.29, 1.82) is 0 Å². The van der Waals surface area contributed by atoms with Crippen LogP contribution in [0.1, 0.15) is 19.8 Å². The number of hydrazine groups is 1. The number of hydrogen-bond acceptors (Lipinski definition) is 3. The van der Waals surface area contributed by atoms with E-state index in [2.05, 4.69) is 21.5 Å². The zero-order valence-corrected chi connectivity index (χ0v) is 12.0. The van der Waals surface area contributed by atoms with Crippen molar-refractivity contribution in [2.45, 2.75) is 19.8 Å². The number of amides is 2. The molecule has 1 rings (SSSR count). The lowest BCUT2D eigenvalue weighted by atomic mass is 10.2. The SMILES string of the molecule is CCNC(=S)NNC(=O)CCC(=O)Nc1ccccc1. The number of carbonyl (C=O) groups is 2. The molecule has 0 unspecified atom stereocenters. The average Bonchev–Trinajstić information content (AvgIpc) is 2.44. The molecule has 7 heteroatoms. The van der Waals surface area contributed by atoms with E-state index in [1.165, 1.54) is 0 Å². The van der Waals surface area contributed by atoms with Crippen molar-refractivity contribution in [2.75, 3.05) is 11.9 Å². The van der Waals surface area contributed by atoms with Crippen LogP contribution >= 0.6 is 12.2 Å². The number of nitrogens with one attached hydrogen (secondary N) is 4. The van der Waals surface area contributed by atoms with Gasteiger partial charge in [-0.1, -0.05) is 18.2 Å². The number of thiocarbonyl (C=S) groups is 1. The second-order valence-electron chi connectivity index (χ2n) is 3.95. The summed E-state index contributed by atoms with van der Waals surface area (Å²) in [6.45, 7) is 2.56. The van der Waals surface area contributed by atoms with Crippen LogP contribution in [0.25, 0.3) is 0 Å². The van der Waals surface area contributed by atoms with Crippen LogP contribution in [0.2, 0.25) is 0 Å². The van der Waals surface area contributed by atoms with E-state index in [0.717, 1.165) is 0 Å². The van der Waals surface area contributed by atoms with E-state index in [1.54, 1.807) is 12.1 Å². The van der Waals surface area contributed by atoms with Crippen LogP contribution in [0.5, 0.6) is 0 Å². The molecule has 2 amide bonds. The van der Waals surface area contributed by atoms with E-state index in [9.17, 15) is 9.59 Å². The van der Waals surface area contributed by atoms with Crippen molar-refractivity contribution < 1.29 is 9.59 Å². The van der Waals surface area contributed by atoms with Crippen LogP contribution in [0.4, 0.5) is 5.69 Å². The fraction of sp³-hybridized carbons (Fsp3) is 0.308. The molecule has 4 N–H and O–H groups in total. The highest BCUT2D eigenvalue weighted by molar-refractivity contribution is 7.80. The molecule has 0 bridgehead atoms. The van der Waals surface area contributed by atoms with Crippen LogP contribution in [0.3, 0.4) is 0 Å². The molecule has 0 aliphatic rings. The predicted octanol–water partition coefficient (Wildman–Crippen LogP) is 0.920. The average molecular weight is 294 g/mol. The Morgan fingerprint density at radius 2 is 1.70 bits per heavy atom. The Morgan fingerprint density at radius 3 is 2.35 bits per heavy atom. The fourth-order valence-corrected chi connectivity index (χ4v) is 1.56. The molecule has 0 aliphatic heterocycles. The van der Waals surface area contributed by atoms with E-state index < -0.39 is 0 Å². The van der Waals surface area contributed by atoms with E-state index in [0.29, 0.717) is 17.3 Å². The highest BCUT2D eigenvalue weighted by Crippen LogP contribution is 2.05. The Hall–Kier alpha value is -2.15. The molecule has 1 aromatic carbocycles. The van der Waals surface area contributed by atoms with Crippen molar-refractivity contribution in [1.82, 2.24) is 16.2 Å². The van der Waals surface area contributed by atoms with Crippen LogP contribution in [-0.2, 0) is 9.59 Å². The van der Waals surface area contributed by atoms with Gasteiger partial charge in [-0.3, -0.25) is 20.4 Å². The summed E-state index contributed by atoms with van der Waals surface area (Å²) < 4.78 is 0. The topological polar surface area (TPSA) is 82.3 Å². The van der Waals surface area contributed by atoms with Gasteiger partial charge in [0.25, 0.3) is 0 Å². The summed E-state index contributed by atoms with van der Waals surface area (Å²) in [5, 5.41) is 5.87. The van der Waals surface area contributed by atoms with Gasteiger partial charge in [-0.15, -0.1) is 0 Å². The molecule has 0 spiro atoms. The number of rotatable bonds is 5. The number of carbonyl (C=O) groups excluding carboxylic acids is 2. The summed E-state index contributed by atoms with van der Waals surface area (Å²) in [7, 11) is 0.